The summed E-state index contributed by atoms with van der Waals surface area (Å²) < 4.78 is 38.7. The number of nitrogens with zero attached hydrogens (tertiary/aromatic N) is 1. The third-order valence-electron chi connectivity index (χ3n) is 5.20. The third kappa shape index (κ3) is 3.30. The first kappa shape index (κ1) is 18.3. The number of para-hydroxylation sites is 1. The molecule has 1 amide bonds. The first-order valence-electron chi connectivity index (χ1n) is 9.07. The zero-order chi connectivity index (χ0) is 19.9. The lowest BCUT2D eigenvalue weighted by Gasteiger charge is -2.27. The Balaban J connectivity index is 1.55. The van der Waals surface area contributed by atoms with E-state index in [-0.39, 0.29) is 11.5 Å². The maximum Gasteiger partial charge on any atom is 0.416 e. The first-order chi connectivity index (χ1) is 13.3. The van der Waals surface area contributed by atoms with E-state index < -0.39 is 11.7 Å². The molecule has 0 saturated carbocycles. The van der Waals surface area contributed by atoms with Crippen LogP contribution in [0.3, 0.4) is 0 Å². The molecule has 0 spiro atoms. The van der Waals surface area contributed by atoms with Gasteiger partial charge in [0.1, 0.15) is 0 Å². The number of aromatic nitrogens is 1. The summed E-state index contributed by atoms with van der Waals surface area (Å²) in [5, 5.41) is 1.14. The molecule has 2 heterocycles. The van der Waals surface area contributed by atoms with Gasteiger partial charge in [-0.1, -0.05) is 30.3 Å². The molecule has 1 N–H and O–H groups in total. The summed E-state index contributed by atoms with van der Waals surface area (Å²) >= 11 is 0. The zero-order valence-corrected chi connectivity index (χ0v) is 15.3. The molecule has 0 aliphatic carbocycles. The second-order valence-electron chi connectivity index (χ2n) is 7.01. The highest BCUT2D eigenvalue weighted by Crippen LogP contribution is 2.32. The van der Waals surface area contributed by atoms with Gasteiger partial charge in [-0.3, -0.25) is 4.79 Å². The molecule has 2 aromatic carbocycles. The lowest BCUT2D eigenvalue weighted by atomic mass is 9.97. The molecule has 0 bridgehead atoms. The number of nitrogens with one attached hydrogen (secondary N) is 1. The summed E-state index contributed by atoms with van der Waals surface area (Å²) in [4.78, 5) is 17.5. The van der Waals surface area contributed by atoms with Gasteiger partial charge in [0, 0.05) is 41.3 Å². The molecule has 0 fully saturated rings. The summed E-state index contributed by atoms with van der Waals surface area (Å²) in [6, 6.07) is 10.7. The number of rotatable bonds is 2. The number of alkyl halides is 3. The fourth-order valence-corrected chi connectivity index (χ4v) is 3.68. The molecule has 28 heavy (non-hydrogen) atoms. The van der Waals surface area contributed by atoms with Gasteiger partial charge in [-0.15, -0.1) is 0 Å². The number of aromatic amines is 1. The topological polar surface area (TPSA) is 36.1 Å². The van der Waals surface area contributed by atoms with Crippen LogP contribution in [0.15, 0.2) is 54.7 Å². The molecule has 1 aromatic heterocycles. The Morgan fingerprint density at radius 3 is 2.64 bits per heavy atom. The highest BCUT2D eigenvalue weighted by molar-refractivity contribution is 5.97. The van der Waals surface area contributed by atoms with Crippen LogP contribution in [0.25, 0.3) is 16.5 Å². The molecular weight excluding hydrogens is 365 g/mol. The quantitative estimate of drug-likeness (QED) is 0.629. The number of hydrogen-bond donors (Lipinski definition) is 1. The highest BCUT2D eigenvalue weighted by Gasteiger charge is 2.31. The molecule has 0 radical (unpaired) electrons. The van der Waals surface area contributed by atoms with Crippen LogP contribution in [0.5, 0.6) is 0 Å². The molecule has 144 valence electrons. The molecule has 3 nitrogen and oxygen atoms in total. The summed E-state index contributed by atoms with van der Waals surface area (Å²) in [5.74, 6) is -0.379. The van der Waals surface area contributed by atoms with Gasteiger partial charge in [0.05, 0.1) is 5.56 Å². The van der Waals surface area contributed by atoms with E-state index in [2.05, 4.69) is 11.1 Å². The largest absolute Gasteiger partial charge is 0.416 e. The van der Waals surface area contributed by atoms with E-state index in [1.807, 2.05) is 31.3 Å². The van der Waals surface area contributed by atoms with Gasteiger partial charge in [0.15, 0.2) is 0 Å². The molecule has 3 aromatic rings. The number of hydrogen-bond acceptors (Lipinski definition) is 1. The Morgan fingerprint density at radius 2 is 1.93 bits per heavy atom. The predicted octanol–water partition coefficient (Wildman–Crippen LogP) is 5.42. The Bertz CT molecular complexity index is 1080. The highest BCUT2D eigenvalue weighted by atomic mass is 19.4. The minimum absolute atomic E-state index is 0.0643. The number of carbonyl (C=O) groups is 1. The van der Waals surface area contributed by atoms with E-state index in [9.17, 15) is 18.0 Å². The van der Waals surface area contributed by atoms with Crippen molar-refractivity contribution in [3.05, 3.63) is 77.0 Å². The van der Waals surface area contributed by atoms with E-state index in [1.165, 1.54) is 17.7 Å². The molecule has 6 heteroatoms. The normalized spacial score (nSPS) is 15.0. The number of fused-ring (bicyclic) bond motifs is 1. The molecule has 4 rings (SSSR count). The minimum Gasteiger partial charge on any atom is -0.360 e. The number of amides is 1. The average molecular weight is 384 g/mol. The van der Waals surface area contributed by atoms with Crippen molar-refractivity contribution in [1.82, 2.24) is 9.88 Å². The van der Waals surface area contributed by atoms with E-state index in [4.69, 9.17) is 0 Å². The van der Waals surface area contributed by atoms with Crippen LogP contribution < -0.4 is 0 Å². The Labute approximate surface area is 160 Å². The minimum atomic E-state index is -4.46. The van der Waals surface area contributed by atoms with Crippen molar-refractivity contribution in [2.45, 2.75) is 19.5 Å². The maximum atomic E-state index is 12.9. The van der Waals surface area contributed by atoms with Crippen molar-refractivity contribution in [3.63, 3.8) is 0 Å². The summed E-state index contributed by atoms with van der Waals surface area (Å²) in [6.07, 6.45) is 0.165. The number of aryl methyl sites for hydroxylation is 1. The molecular formula is C22H19F3N2O. The van der Waals surface area contributed by atoms with Crippen molar-refractivity contribution in [1.29, 1.82) is 0 Å². The van der Waals surface area contributed by atoms with Gasteiger partial charge in [-0.25, -0.2) is 0 Å². The fraction of sp³-hybridized carbons (Fsp3) is 0.227. The Kier molecular flexibility index (Phi) is 4.49. The van der Waals surface area contributed by atoms with Gasteiger partial charge in [-0.05, 0) is 42.7 Å². The maximum absolute atomic E-state index is 12.9. The second-order valence-corrected chi connectivity index (χ2v) is 7.01. The third-order valence-corrected chi connectivity index (χ3v) is 5.20. The predicted molar refractivity (Wildman–Crippen MR) is 103 cm³/mol. The molecule has 1 aliphatic rings. The van der Waals surface area contributed by atoms with E-state index in [0.29, 0.717) is 19.5 Å². The van der Waals surface area contributed by atoms with Crippen LogP contribution in [-0.2, 0) is 6.18 Å². The van der Waals surface area contributed by atoms with Crippen LogP contribution >= 0.6 is 0 Å². The van der Waals surface area contributed by atoms with Gasteiger partial charge in [-0.2, -0.15) is 13.2 Å². The number of halogens is 3. The van der Waals surface area contributed by atoms with Crippen molar-refractivity contribution in [3.8, 4) is 0 Å². The van der Waals surface area contributed by atoms with E-state index in [1.54, 1.807) is 4.90 Å². The zero-order valence-electron chi connectivity index (χ0n) is 15.3. The van der Waals surface area contributed by atoms with Gasteiger partial charge >= 0.3 is 6.18 Å². The number of H-pyrrole nitrogens is 1. The Morgan fingerprint density at radius 1 is 1.14 bits per heavy atom. The van der Waals surface area contributed by atoms with Crippen molar-refractivity contribution in [2.75, 3.05) is 13.1 Å². The molecule has 0 atom stereocenters. The molecule has 1 aliphatic heterocycles. The van der Waals surface area contributed by atoms with Gasteiger partial charge in [0.25, 0.3) is 5.91 Å². The van der Waals surface area contributed by atoms with Crippen molar-refractivity contribution >= 4 is 22.4 Å². The number of carbonyl (C=O) groups excluding carboxylic acids is 1. The lowest BCUT2D eigenvalue weighted by Crippen LogP contribution is -2.34. The Hall–Kier alpha value is -3.02. The monoisotopic (exact) mass is 384 g/mol. The number of benzene rings is 2. The fourth-order valence-electron chi connectivity index (χ4n) is 3.68. The smallest absolute Gasteiger partial charge is 0.360 e. The van der Waals surface area contributed by atoms with E-state index >= 15 is 0 Å². The standard InChI is InChI=1S/C22H19F3N2O/c1-14-4-2-7-18-19(13-26-20(14)18)15-8-10-27(11-9-15)21(28)16-5-3-6-17(12-16)22(23,24)25/h2-8,12-13,26H,9-11H2,1H3. The molecule has 0 unspecified atom stereocenters. The second kappa shape index (κ2) is 6.86. The van der Waals surface area contributed by atoms with Crippen LogP contribution in [0.4, 0.5) is 13.2 Å². The van der Waals surface area contributed by atoms with Gasteiger partial charge < -0.3 is 9.88 Å². The van der Waals surface area contributed by atoms with Crippen LogP contribution in [0.2, 0.25) is 0 Å². The first-order valence-corrected chi connectivity index (χ1v) is 9.07. The summed E-state index contributed by atoms with van der Waals surface area (Å²) in [7, 11) is 0. The summed E-state index contributed by atoms with van der Waals surface area (Å²) in [6.45, 7) is 2.90. The summed E-state index contributed by atoms with van der Waals surface area (Å²) in [5.41, 5.74) is 3.78. The lowest BCUT2D eigenvalue weighted by molar-refractivity contribution is -0.137. The van der Waals surface area contributed by atoms with Crippen LogP contribution in [0, 0.1) is 6.92 Å². The van der Waals surface area contributed by atoms with Crippen molar-refractivity contribution in [2.24, 2.45) is 0 Å². The van der Waals surface area contributed by atoms with Crippen LogP contribution in [0.1, 0.15) is 33.5 Å². The van der Waals surface area contributed by atoms with Crippen molar-refractivity contribution < 1.29 is 18.0 Å². The van der Waals surface area contributed by atoms with E-state index in [0.717, 1.165) is 34.2 Å². The van der Waals surface area contributed by atoms with Gasteiger partial charge in [0.2, 0.25) is 0 Å². The molecule has 0 saturated heterocycles. The van der Waals surface area contributed by atoms with Crippen LogP contribution in [-0.4, -0.2) is 28.9 Å². The average Bonchev–Trinajstić information content (AvgIpc) is 3.12. The SMILES string of the molecule is Cc1cccc2c(C3=CCN(C(=O)c4cccc(C(F)(F)F)c4)CC3)c[nH]c12.